The van der Waals surface area contributed by atoms with Crippen molar-refractivity contribution in [2.24, 2.45) is 0 Å². The molecule has 0 spiro atoms. The van der Waals surface area contributed by atoms with Gasteiger partial charge < -0.3 is 29.3 Å². The minimum Gasteiger partial charge on any atom is -0.454 e. The lowest BCUT2D eigenvalue weighted by atomic mass is 9.87. The third kappa shape index (κ3) is 3.68. The molecule has 9 heteroatoms. The molecule has 2 N–H and O–H groups in total. The average molecular weight is 374 g/mol. The van der Waals surface area contributed by atoms with Crippen LogP contribution in [0.2, 0.25) is 0 Å². The van der Waals surface area contributed by atoms with E-state index in [0.717, 1.165) is 11.3 Å². The highest BCUT2D eigenvalue weighted by Gasteiger charge is 2.32. The fraction of sp³-hybridized carbons (Fsp3) is 0.500. The second-order valence-electron chi connectivity index (χ2n) is 6.64. The van der Waals surface area contributed by atoms with E-state index < -0.39 is 6.10 Å². The summed E-state index contributed by atoms with van der Waals surface area (Å²) in [6.45, 7) is 3.13. The van der Waals surface area contributed by atoms with Gasteiger partial charge in [-0.1, -0.05) is 18.1 Å². The van der Waals surface area contributed by atoms with Crippen molar-refractivity contribution >= 4 is 6.03 Å². The molecule has 0 bridgehead atoms. The maximum atomic E-state index is 12.4. The first-order valence-electron chi connectivity index (χ1n) is 9.06. The third-order valence-electron chi connectivity index (χ3n) is 4.91. The molecule has 9 nitrogen and oxygen atoms in total. The Labute approximate surface area is 156 Å². The SMILES string of the molecule is CCc1noc(CNC(=O)N2CC[C@@H](c3ccc4c(c3)OCO4)[C@H](O)C2)n1. The number of nitrogens with zero attached hydrogens (tertiary/aromatic N) is 3. The Bertz CT molecular complexity index is 824. The highest BCUT2D eigenvalue weighted by atomic mass is 16.7. The van der Waals surface area contributed by atoms with Crippen LogP contribution in [0, 0.1) is 0 Å². The van der Waals surface area contributed by atoms with E-state index in [1.54, 1.807) is 4.90 Å². The van der Waals surface area contributed by atoms with Gasteiger partial charge in [-0.25, -0.2) is 4.79 Å². The molecule has 0 unspecified atom stereocenters. The number of aliphatic hydroxyl groups is 1. The summed E-state index contributed by atoms with van der Waals surface area (Å²) in [6.07, 6.45) is 0.686. The Hall–Kier alpha value is -2.81. The minimum atomic E-state index is -0.653. The summed E-state index contributed by atoms with van der Waals surface area (Å²) in [7, 11) is 0. The number of urea groups is 1. The maximum Gasteiger partial charge on any atom is 0.317 e. The van der Waals surface area contributed by atoms with Crippen LogP contribution in [0.4, 0.5) is 4.79 Å². The van der Waals surface area contributed by atoms with Gasteiger partial charge in [-0.15, -0.1) is 0 Å². The van der Waals surface area contributed by atoms with Crippen LogP contribution < -0.4 is 14.8 Å². The molecule has 1 fully saturated rings. The Balaban J connectivity index is 1.33. The number of benzene rings is 1. The van der Waals surface area contributed by atoms with Crippen molar-refractivity contribution in [3.63, 3.8) is 0 Å². The van der Waals surface area contributed by atoms with E-state index in [4.69, 9.17) is 14.0 Å². The van der Waals surface area contributed by atoms with Crippen LogP contribution in [0.15, 0.2) is 22.7 Å². The monoisotopic (exact) mass is 374 g/mol. The second-order valence-corrected chi connectivity index (χ2v) is 6.64. The van der Waals surface area contributed by atoms with Crippen LogP contribution in [0.3, 0.4) is 0 Å². The predicted molar refractivity (Wildman–Crippen MR) is 93.4 cm³/mol. The zero-order valence-electron chi connectivity index (χ0n) is 15.1. The summed E-state index contributed by atoms with van der Waals surface area (Å²) in [5, 5.41) is 17.1. The number of aryl methyl sites for hydroxylation is 1. The Morgan fingerprint density at radius 1 is 1.37 bits per heavy atom. The molecule has 27 heavy (non-hydrogen) atoms. The molecular formula is C18H22N4O5. The summed E-state index contributed by atoms with van der Waals surface area (Å²) in [5.74, 6) is 2.35. The number of piperidine rings is 1. The van der Waals surface area contributed by atoms with E-state index in [1.807, 2.05) is 25.1 Å². The van der Waals surface area contributed by atoms with Gasteiger partial charge in [-0.3, -0.25) is 0 Å². The molecule has 0 aliphatic carbocycles. The van der Waals surface area contributed by atoms with E-state index >= 15 is 0 Å². The smallest absolute Gasteiger partial charge is 0.317 e. The van der Waals surface area contributed by atoms with Gasteiger partial charge in [0.1, 0.15) is 0 Å². The van der Waals surface area contributed by atoms with Gasteiger partial charge in [0.15, 0.2) is 17.3 Å². The van der Waals surface area contributed by atoms with Crippen LogP contribution in [0.5, 0.6) is 11.5 Å². The molecule has 2 amide bonds. The normalized spacial score (nSPS) is 21.3. The molecule has 1 saturated heterocycles. The number of β-amino-alcohol motifs (C(OH)–C–C–N with tert-alkyl or cyclic N) is 1. The van der Waals surface area contributed by atoms with Crippen molar-refractivity contribution in [1.29, 1.82) is 0 Å². The van der Waals surface area contributed by atoms with E-state index in [-0.39, 0.29) is 31.8 Å². The molecule has 3 heterocycles. The van der Waals surface area contributed by atoms with Crippen LogP contribution in [-0.4, -0.2) is 52.2 Å². The van der Waals surface area contributed by atoms with Crippen molar-refractivity contribution in [2.75, 3.05) is 19.9 Å². The third-order valence-corrected chi connectivity index (χ3v) is 4.91. The Morgan fingerprint density at radius 2 is 2.22 bits per heavy atom. The standard InChI is InChI=1S/C18H22N4O5/c1-2-16-20-17(27-21-16)8-19-18(24)22-6-5-12(13(23)9-22)11-3-4-14-15(7-11)26-10-25-14/h3-4,7,12-13,23H,2,5-6,8-10H2,1H3,(H,19,24)/t12-,13+/m0/s1. The first kappa shape index (κ1) is 17.6. The molecule has 2 atom stereocenters. The first-order chi connectivity index (χ1) is 13.1. The number of hydrogen-bond acceptors (Lipinski definition) is 7. The number of hydrogen-bond donors (Lipinski definition) is 2. The van der Waals surface area contributed by atoms with Gasteiger partial charge in [0.2, 0.25) is 12.7 Å². The highest BCUT2D eigenvalue weighted by molar-refractivity contribution is 5.74. The first-order valence-corrected chi connectivity index (χ1v) is 9.06. The Kier molecular flexibility index (Phi) is 4.85. The van der Waals surface area contributed by atoms with Crippen molar-refractivity contribution in [1.82, 2.24) is 20.4 Å². The number of likely N-dealkylation sites (tertiary alicyclic amines) is 1. The number of rotatable bonds is 4. The van der Waals surface area contributed by atoms with Crippen molar-refractivity contribution in [3.05, 3.63) is 35.5 Å². The highest BCUT2D eigenvalue weighted by Crippen LogP contribution is 2.37. The van der Waals surface area contributed by atoms with Gasteiger partial charge in [0.05, 0.1) is 12.6 Å². The molecular weight excluding hydrogens is 352 g/mol. The summed E-state index contributed by atoms with van der Waals surface area (Å²) >= 11 is 0. The minimum absolute atomic E-state index is 0.0494. The van der Waals surface area contributed by atoms with Gasteiger partial charge in [0, 0.05) is 25.4 Å². The molecule has 1 aromatic carbocycles. The largest absolute Gasteiger partial charge is 0.454 e. The molecule has 4 rings (SSSR count). The average Bonchev–Trinajstić information content (AvgIpc) is 3.34. The molecule has 2 aliphatic rings. The number of aromatic nitrogens is 2. The molecule has 2 aromatic rings. The quantitative estimate of drug-likeness (QED) is 0.833. The number of nitrogens with one attached hydrogen (secondary N) is 1. The topological polar surface area (TPSA) is 110 Å². The van der Waals surface area contributed by atoms with E-state index in [1.165, 1.54) is 0 Å². The van der Waals surface area contributed by atoms with E-state index in [2.05, 4.69) is 15.5 Å². The summed E-state index contributed by atoms with van der Waals surface area (Å²) < 4.78 is 15.8. The number of aliphatic hydroxyl groups excluding tert-OH is 1. The number of ether oxygens (including phenoxy) is 2. The maximum absolute atomic E-state index is 12.4. The van der Waals surface area contributed by atoms with Crippen molar-refractivity contribution < 1.29 is 23.9 Å². The van der Waals surface area contributed by atoms with Crippen LogP contribution in [0.25, 0.3) is 0 Å². The second kappa shape index (κ2) is 7.43. The number of amides is 2. The summed E-state index contributed by atoms with van der Waals surface area (Å²) in [4.78, 5) is 18.1. The molecule has 1 aromatic heterocycles. The van der Waals surface area contributed by atoms with Crippen molar-refractivity contribution in [2.45, 2.75) is 38.3 Å². The number of fused-ring (bicyclic) bond motifs is 1. The van der Waals surface area contributed by atoms with Crippen LogP contribution in [-0.2, 0) is 13.0 Å². The van der Waals surface area contributed by atoms with Gasteiger partial charge >= 0.3 is 6.03 Å². The number of carbonyl (C=O) groups is 1. The lowest BCUT2D eigenvalue weighted by molar-refractivity contribution is 0.0651. The van der Waals surface area contributed by atoms with Crippen LogP contribution in [0.1, 0.15) is 36.5 Å². The van der Waals surface area contributed by atoms with Gasteiger partial charge in [-0.2, -0.15) is 4.98 Å². The fourth-order valence-electron chi connectivity index (χ4n) is 3.42. The zero-order chi connectivity index (χ0) is 18.8. The summed E-state index contributed by atoms with van der Waals surface area (Å²) in [5.41, 5.74) is 0.991. The van der Waals surface area contributed by atoms with Crippen molar-refractivity contribution in [3.8, 4) is 11.5 Å². The fourth-order valence-corrected chi connectivity index (χ4v) is 3.42. The molecule has 2 aliphatic heterocycles. The van der Waals surface area contributed by atoms with E-state index in [0.29, 0.717) is 36.9 Å². The molecule has 0 saturated carbocycles. The Morgan fingerprint density at radius 3 is 3.00 bits per heavy atom. The molecule has 0 radical (unpaired) electrons. The zero-order valence-corrected chi connectivity index (χ0v) is 15.1. The van der Waals surface area contributed by atoms with Gasteiger partial charge in [-0.05, 0) is 24.1 Å². The van der Waals surface area contributed by atoms with Gasteiger partial charge in [0.25, 0.3) is 0 Å². The molecule has 144 valence electrons. The van der Waals surface area contributed by atoms with E-state index in [9.17, 15) is 9.90 Å². The number of carbonyl (C=O) groups excluding carboxylic acids is 1. The predicted octanol–water partition coefficient (Wildman–Crippen LogP) is 1.42. The lowest BCUT2D eigenvalue weighted by Crippen LogP contribution is -2.49. The van der Waals surface area contributed by atoms with Crippen LogP contribution >= 0.6 is 0 Å². The summed E-state index contributed by atoms with van der Waals surface area (Å²) in [6, 6.07) is 5.46. The lowest BCUT2D eigenvalue weighted by Gasteiger charge is -2.36.